The van der Waals surface area contributed by atoms with Crippen molar-refractivity contribution in [3.05, 3.63) is 11.8 Å². The summed E-state index contributed by atoms with van der Waals surface area (Å²) < 4.78 is 30.3. The van der Waals surface area contributed by atoms with Crippen molar-refractivity contribution in [1.29, 1.82) is 0 Å². The molecule has 14 heavy (non-hydrogen) atoms. The number of hydrogen-bond donors (Lipinski definition) is 1. The van der Waals surface area contributed by atoms with Crippen LogP contribution in [0.2, 0.25) is 0 Å². The van der Waals surface area contributed by atoms with Crippen molar-refractivity contribution < 1.29 is 18.6 Å². The third-order valence-electron chi connectivity index (χ3n) is 2.82. The van der Waals surface area contributed by atoms with E-state index in [0.717, 1.165) is 12.8 Å². The second-order valence-electron chi connectivity index (χ2n) is 4.07. The molecule has 0 aromatic rings. The highest BCUT2D eigenvalue weighted by atomic mass is 19.3. The van der Waals surface area contributed by atoms with Gasteiger partial charge in [0.2, 0.25) is 5.92 Å². The third-order valence-corrected chi connectivity index (χ3v) is 2.82. The van der Waals surface area contributed by atoms with Crippen molar-refractivity contribution in [3.8, 4) is 0 Å². The molecule has 2 rings (SSSR count). The number of ether oxygens (including phenoxy) is 1. The van der Waals surface area contributed by atoms with Gasteiger partial charge in [0.05, 0.1) is 6.61 Å². The predicted molar refractivity (Wildman–Crippen MR) is 46.9 cm³/mol. The maximum absolute atomic E-state index is 12.5. The van der Waals surface area contributed by atoms with Crippen LogP contribution in [-0.4, -0.2) is 23.7 Å². The van der Waals surface area contributed by atoms with E-state index in [4.69, 9.17) is 4.74 Å². The third kappa shape index (κ3) is 1.90. The number of halogens is 2. The summed E-state index contributed by atoms with van der Waals surface area (Å²) in [5, 5.41) is 9.70. The first-order valence-electron chi connectivity index (χ1n) is 4.97. The summed E-state index contributed by atoms with van der Waals surface area (Å²) in [4.78, 5) is 0. The minimum atomic E-state index is -2.57. The zero-order valence-corrected chi connectivity index (χ0v) is 7.88. The lowest BCUT2D eigenvalue weighted by atomic mass is 9.77. The standard InChI is InChI=1S/C10H14F2O2/c11-10(12)5-7(6-10)9(13)8-3-1-2-4-14-8/h3,7,9,13H,1-2,4-6H2. The summed E-state index contributed by atoms with van der Waals surface area (Å²) in [5.41, 5.74) is 0. The van der Waals surface area contributed by atoms with Gasteiger partial charge in [0.15, 0.2) is 0 Å². The predicted octanol–water partition coefficient (Wildman–Crippen LogP) is 2.09. The van der Waals surface area contributed by atoms with Crippen LogP contribution in [0.3, 0.4) is 0 Å². The van der Waals surface area contributed by atoms with Gasteiger partial charge in [-0.25, -0.2) is 8.78 Å². The summed E-state index contributed by atoms with van der Waals surface area (Å²) in [6.45, 7) is 0.589. The molecule has 0 aromatic heterocycles. The lowest BCUT2D eigenvalue weighted by molar-refractivity contribution is -0.141. The summed E-state index contributed by atoms with van der Waals surface area (Å²) >= 11 is 0. The molecule has 2 nitrogen and oxygen atoms in total. The Labute approximate surface area is 81.6 Å². The molecule has 1 aliphatic heterocycles. The molecule has 0 aromatic carbocycles. The van der Waals surface area contributed by atoms with Gasteiger partial charge < -0.3 is 9.84 Å². The van der Waals surface area contributed by atoms with E-state index in [1.165, 1.54) is 0 Å². The highest BCUT2D eigenvalue weighted by Crippen LogP contribution is 2.45. The Kier molecular flexibility index (Phi) is 2.47. The van der Waals surface area contributed by atoms with E-state index in [2.05, 4.69) is 0 Å². The zero-order chi connectivity index (χ0) is 10.2. The Balaban J connectivity index is 1.90. The molecule has 1 unspecified atom stereocenters. The lowest BCUT2D eigenvalue weighted by Crippen LogP contribution is -2.43. The van der Waals surface area contributed by atoms with E-state index in [9.17, 15) is 13.9 Å². The van der Waals surface area contributed by atoms with Crippen LogP contribution in [-0.2, 0) is 4.74 Å². The lowest BCUT2D eigenvalue weighted by Gasteiger charge is -2.38. The van der Waals surface area contributed by atoms with Crippen molar-refractivity contribution in [2.45, 2.75) is 37.7 Å². The molecule has 1 N–H and O–H groups in total. The van der Waals surface area contributed by atoms with Gasteiger partial charge in [-0.3, -0.25) is 0 Å². The van der Waals surface area contributed by atoms with Crippen LogP contribution in [0.25, 0.3) is 0 Å². The first-order chi connectivity index (χ1) is 6.58. The van der Waals surface area contributed by atoms with Crippen LogP contribution in [0, 0.1) is 5.92 Å². The first-order valence-corrected chi connectivity index (χ1v) is 4.97. The largest absolute Gasteiger partial charge is 0.495 e. The van der Waals surface area contributed by atoms with Crippen LogP contribution < -0.4 is 0 Å². The van der Waals surface area contributed by atoms with Crippen molar-refractivity contribution in [1.82, 2.24) is 0 Å². The van der Waals surface area contributed by atoms with Crippen molar-refractivity contribution in [2.24, 2.45) is 5.92 Å². The minimum absolute atomic E-state index is 0.213. The number of rotatable bonds is 2. The Morgan fingerprint density at radius 3 is 2.71 bits per heavy atom. The van der Waals surface area contributed by atoms with E-state index >= 15 is 0 Å². The van der Waals surface area contributed by atoms with Crippen LogP contribution in [0.4, 0.5) is 8.78 Å². The Bertz CT molecular complexity index is 243. The van der Waals surface area contributed by atoms with Gasteiger partial charge in [-0.1, -0.05) is 0 Å². The summed E-state index contributed by atoms with van der Waals surface area (Å²) in [6.07, 6.45) is 2.37. The van der Waals surface area contributed by atoms with Crippen molar-refractivity contribution in [2.75, 3.05) is 6.61 Å². The van der Waals surface area contributed by atoms with Crippen LogP contribution in [0.15, 0.2) is 11.8 Å². The fraction of sp³-hybridized carbons (Fsp3) is 0.800. The maximum atomic E-state index is 12.5. The topological polar surface area (TPSA) is 29.5 Å². The SMILES string of the molecule is OC(C1=CCCCO1)C1CC(F)(F)C1. The highest BCUT2D eigenvalue weighted by molar-refractivity contribution is 5.07. The number of aliphatic hydroxyl groups excluding tert-OH is 1. The average Bonchev–Trinajstić information content (AvgIpc) is 2.14. The van der Waals surface area contributed by atoms with Crippen molar-refractivity contribution >= 4 is 0 Å². The van der Waals surface area contributed by atoms with Gasteiger partial charge in [0.25, 0.3) is 0 Å². The fourth-order valence-electron chi connectivity index (χ4n) is 1.95. The molecule has 0 radical (unpaired) electrons. The molecular formula is C10H14F2O2. The second kappa shape index (κ2) is 3.50. The smallest absolute Gasteiger partial charge is 0.248 e. The van der Waals surface area contributed by atoms with Gasteiger partial charge in [-0.2, -0.15) is 0 Å². The van der Waals surface area contributed by atoms with Gasteiger partial charge in [-0.15, -0.1) is 0 Å². The molecule has 0 amide bonds. The number of aliphatic hydroxyl groups is 1. The van der Waals surface area contributed by atoms with Crippen LogP contribution in [0.1, 0.15) is 25.7 Å². The Morgan fingerprint density at radius 2 is 2.21 bits per heavy atom. The van der Waals surface area contributed by atoms with Crippen LogP contribution >= 0.6 is 0 Å². The number of hydrogen-bond acceptors (Lipinski definition) is 2. The van der Waals surface area contributed by atoms with E-state index < -0.39 is 12.0 Å². The second-order valence-corrected chi connectivity index (χ2v) is 4.07. The van der Waals surface area contributed by atoms with E-state index in [1.54, 1.807) is 0 Å². The van der Waals surface area contributed by atoms with Gasteiger partial charge in [0.1, 0.15) is 11.9 Å². The molecule has 80 valence electrons. The Morgan fingerprint density at radius 1 is 1.50 bits per heavy atom. The molecule has 0 bridgehead atoms. The molecule has 4 heteroatoms. The van der Waals surface area contributed by atoms with E-state index in [0.29, 0.717) is 12.4 Å². The molecule has 1 heterocycles. The molecule has 1 saturated carbocycles. The molecule has 0 spiro atoms. The number of alkyl halides is 2. The summed E-state index contributed by atoms with van der Waals surface area (Å²) in [6, 6.07) is 0. The quantitative estimate of drug-likeness (QED) is 0.746. The molecule has 2 aliphatic rings. The molecule has 1 fully saturated rings. The van der Waals surface area contributed by atoms with E-state index in [1.807, 2.05) is 6.08 Å². The Hall–Kier alpha value is -0.640. The molecule has 0 saturated heterocycles. The van der Waals surface area contributed by atoms with Gasteiger partial charge in [0, 0.05) is 18.8 Å². The van der Waals surface area contributed by atoms with Gasteiger partial charge >= 0.3 is 0 Å². The normalized spacial score (nSPS) is 28.6. The minimum Gasteiger partial charge on any atom is -0.495 e. The zero-order valence-electron chi connectivity index (χ0n) is 7.88. The maximum Gasteiger partial charge on any atom is 0.248 e. The number of allylic oxidation sites excluding steroid dienone is 1. The fourth-order valence-corrected chi connectivity index (χ4v) is 1.95. The van der Waals surface area contributed by atoms with Gasteiger partial charge in [-0.05, 0) is 18.9 Å². The van der Waals surface area contributed by atoms with Crippen molar-refractivity contribution in [3.63, 3.8) is 0 Å². The van der Waals surface area contributed by atoms with E-state index in [-0.39, 0.29) is 18.8 Å². The molecular weight excluding hydrogens is 190 g/mol. The molecule has 1 aliphatic carbocycles. The highest BCUT2D eigenvalue weighted by Gasteiger charge is 2.49. The summed E-state index contributed by atoms with van der Waals surface area (Å²) in [5.74, 6) is -2.40. The van der Waals surface area contributed by atoms with Crippen LogP contribution in [0.5, 0.6) is 0 Å². The molecule has 1 atom stereocenters. The summed E-state index contributed by atoms with van der Waals surface area (Å²) in [7, 11) is 0. The average molecular weight is 204 g/mol. The first kappa shape index (κ1) is 9.90. The monoisotopic (exact) mass is 204 g/mol.